The summed E-state index contributed by atoms with van der Waals surface area (Å²) >= 11 is 0. The van der Waals surface area contributed by atoms with Crippen LogP contribution in [-0.2, 0) is 11.2 Å². The van der Waals surface area contributed by atoms with Crippen LogP contribution < -0.4 is 0 Å². The molecule has 3 aromatic rings. The molecule has 0 unspecified atom stereocenters. The second kappa shape index (κ2) is 6.55. The number of likely N-dealkylation sites (tertiary alicyclic amines) is 1. The van der Waals surface area contributed by atoms with Crippen molar-refractivity contribution in [3.8, 4) is 0 Å². The number of aromatic nitrogens is 2. The lowest BCUT2D eigenvalue weighted by molar-refractivity contribution is 0.0636. The molecule has 2 aliphatic heterocycles. The molecule has 0 bridgehead atoms. The van der Waals surface area contributed by atoms with Gasteiger partial charge in [0.1, 0.15) is 17.1 Å². The molecule has 8 nitrogen and oxygen atoms in total. The molecule has 2 saturated heterocycles. The standard InChI is InChI=1S/C22H20N4O4/c27-21(14-5-6-17-18(11-14)24-30-23-17)25-9-7-15(8-10-25)26-20-16-4-2-1-3-13(16)12-19(20)29-22(26)28/h1-6,11,15,19-20H,7-10,12H2/t19-,20+/m0/s1. The summed E-state index contributed by atoms with van der Waals surface area (Å²) in [5.74, 6) is -0.0357. The van der Waals surface area contributed by atoms with E-state index < -0.39 is 0 Å². The van der Waals surface area contributed by atoms with Gasteiger partial charge >= 0.3 is 6.09 Å². The summed E-state index contributed by atoms with van der Waals surface area (Å²) in [6.07, 6.45) is 1.92. The minimum atomic E-state index is -0.228. The zero-order valence-corrected chi connectivity index (χ0v) is 16.2. The first-order valence-electron chi connectivity index (χ1n) is 10.3. The van der Waals surface area contributed by atoms with Crippen molar-refractivity contribution in [1.82, 2.24) is 20.1 Å². The maximum atomic E-state index is 12.9. The highest BCUT2D eigenvalue weighted by Crippen LogP contribution is 2.44. The molecule has 6 rings (SSSR count). The normalized spacial score (nSPS) is 23.5. The second-order valence-electron chi connectivity index (χ2n) is 8.17. The maximum Gasteiger partial charge on any atom is 0.411 e. The summed E-state index contributed by atoms with van der Waals surface area (Å²) in [5, 5.41) is 7.59. The van der Waals surface area contributed by atoms with Gasteiger partial charge < -0.3 is 9.64 Å². The largest absolute Gasteiger partial charge is 0.443 e. The zero-order valence-electron chi connectivity index (χ0n) is 16.2. The average molecular weight is 404 g/mol. The van der Waals surface area contributed by atoms with Crippen LogP contribution in [0.3, 0.4) is 0 Å². The number of rotatable bonds is 2. The summed E-state index contributed by atoms with van der Waals surface area (Å²) in [6.45, 7) is 1.20. The van der Waals surface area contributed by atoms with Gasteiger partial charge in [0.25, 0.3) is 5.91 Å². The number of nitrogens with zero attached hydrogens (tertiary/aromatic N) is 4. The minimum Gasteiger partial charge on any atom is -0.443 e. The van der Waals surface area contributed by atoms with Crippen LogP contribution in [0.2, 0.25) is 0 Å². The monoisotopic (exact) mass is 404 g/mol. The van der Waals surface area contributed by atoms with E-state index in [-0.39, 0.29) is 30.2 Å². The number of piperidine rings is 1. The summed E-state index contributed by atoms with van der Waals surface area (Å²) in [7, 11) is 0. The molecule has 2 fully saturated rings. The Kier molecular flexibility index (Phi) is 3.81. The molecule has 0 spiro atoms. The predicted octanol–water partition coefficient (Wildman–Crippen LogP) is 2.95. The number of carbonyl (C=O) groups excluding carboxylic acids is 2. The highest BCUT2D eigenvalue weighted by molar-refractivity contribution is 5.97. The van der Waals surface area contributed by atoms with Gasteiger partial charge in [0.05, 0.1) is 6.04 Å². The fourth-order valence-electron chi connectivity index (χ4n) is 5.10. The van der Waals surface area contributed by atoms with E-state index in [1.165, 1.54) is 11.1 Å². The van der Waals surface area contributed by atoms with Crippen molar-refractivity contribution < 1.29 is 19.0 Å². The quantitative estimate of drug-likeness (QED) is 0.653. The minimum absolute atomic E-state index is 0.0111. The Bertz CT molecular complexity index is 1150. The number of benzene rings is 2. The van der Waals surface area contributed by atoms with Gasteiger partial charge in [-0.3, -0.25) is 9.69 Å². The van der Waals surface area contributed by atoms with Gasteiger partial charge in [0.2, 0.25) is 0 Å². The summed E-state index contributed by atoms with van der Waals surface area (Å²) in [4.78, 5) is 29.3. The summed E-state index contributed by atoms with van der Waals surface area (Å²) in [5.41, 5.74) is 4.23. The highest BCUT2D eigenvalue weighted by atomic mass is 16.6. The molecule has 3 aliphatic rings. The number of ether oxygens (including phenoxy) is 1. The lowest BCUT2D eigenvalue weighted by atomic mass is 9.98. The molecule has 0 saturated carbocycles. The number of amides is 2. The van der Waals surface area contributed by atoms with Crippen molar-refractivity contribution in [3.05, 3.63) is 59.2 Å². The van der Waals surface area contributed by atoms with Crippen molar-refractivity contribution in [2.24, 2.45) is 0 Å². The Labute approximate surface area is 172 Å². The molecule has 2 amide bonds. The van der Waals surface area contributed by atoms with Crippen molar-refractivity contribution >= 4 is 23.0 Å². The van der Waals surface area contributed by atoms with Crippen LogP contribution in [0.4, 0.5) is 4.79 Å². The Morgan fingerprint density at radius 3 is 2.70 bits per heavy atom. The molecule has 152 valence electrons. The van der Waals surface area contributed by atoms with Crippen molar-refractivity contribution in [2.75, 3.05) is 13.1 Å². The fourth-order valence-corrected chi connectivity index (χ4v) is 5.10. The van der Waals surface area contributed by atoms with Crippen LogP contribution in [0, 0.1) is 0 Å². The van der Waals surface area contributed by atoms with Crippen LogP contribution in [0.25, 0.3) is 11.0 Å². The van der Waals surface area contributed by atoms with E-state index in [1.807, 2.05) is 21.9 Å². The van der Waals surface area contributed by atoms with E-state index in [1.54, 1.807) is 18.2 Å². The van der Waals surface area contributed by atoms with Crippen LogP contribution in [-0.4, -0.2) is 57.3 Å². The van der Waals surface area contributed by atoms with Crippen molar-refractivity contribution in [3.63, 3.8) is 0 Å². The Hall–Kier alpha value is -3.42. The molecule has 0 radical (unpaired) electrons. The topological polar surface area (TPSA) is 88.8 Å². The smallest absolute Gasteiger partial charge is 0.411 e. The van der Waals surface area contributed by atoms with Gasteiger partial charge in [-0.25, -0.2) is 9.42 Å². The summed E-state index contributed by atoms with van der Waals surface area (Å²) < 4.78 is 10.4. The number of hydrogen-bond donors (Lipinski definition) is 0. The first-order valence-corrected chi connectivity index (χ1v) is 10.3. The first kappa shape index (κ1) is 17.4. The van der Waals surface area contributed by atoms with E-state index in [2.05, 4.69) is 22.4 Å². The van der Waals surface area contributed by atoms with Gasteiger partial charge in [0.15, 0.2) is 0 Å². The molecular weight excluding hydrogens is 384 g/mol. The third-order valence-electron chi connectivity index (χ3n) is 6.56. The van der Waals surface area contributed by atoms with Gasteiger partial charge in [-0.15, -0.1) is 0 Å². The Balaban J connectivity index is 1.18. The molecule has 0 N–H and O–H groups in total. The fraction of sp³-hybridized carbons (Fsp3) is 0.364. The van der Waals surface area contributed by atoms with E-state index in [0.717, 1.165) is 19.3 Å². The Morgan fingerprint density at radius 1 is 1.03 bits per heavy atom. The van der Waals surface area contributed by atoms with Crippen molar-refractivity contribution in [1.29, 1.82) is 0 Å². The lowest BCUT2D eigenvalue weighted by Crippen LogP contribution is -2.47. The highest BCUT2D eigenvalue weighted by Gasteiger charge is 2.50. The molecule has 1 aromatic heterocycles. The third kappa shape index (κ3) is 2.59. The Morgan fingerprint density at radius 2 is 1.83 bits per heavy atom. The number of hydrogen-bond acceptors (Lipinski definition) is 6. The average Bonchev–Trinajstić information content (AvgIpc) is 3.46. The molecular formula is C22H20N4O4. The zero-order chi connectivity index (χ0) is 20.2. The number of carbonyl (C=O) groups is 2. The van der Waals surface area contributed by atoms with Crippen LogP contribution in [0.1, 0.15) is 40.4 Å². The van der Waals surface area contributed by atoms with Gasteiger partial charge in [-0.2, -0.15) is 0 Å². The van der Waals surface area contributed by atoms with E-state index in [4.69, 9.17) is 9.37 Å². The van der Waals surface area contributed by atoms with Gasteiger partial charge in [0, 0.05) is 31.1 Å². The SMILES string of the molecule is O=C(c1ccc2nonc2c1)N1CCC(N2C(=O)O[C@H]3Cc4ccccc4[C@H]32)CC1. The van der Waals surface area contributed by atoms with Gasteiger partial charge in [-0.05, 0) is 52.5 Å². The van der Waals surface area contributed by atoms with Crippen LogP contribution >= 0.6 is 0 Å². The van der Waals surface area contributed by atoms with Gasteiger partial charge in [-0.1, -0.05) is 24.3 Å². The molecule has 1 aliphatic carbocycles. The maximum absolute atomic E-state index is 12.9. The molecule has 3 heterocycles. The van der Waals surface area contributed by atoms with E-state index in [9.17, 15) is 9.59 Å². The molecule has 2 atom stereocenters. The molecule has 30 heavy (non-hydrogen) atoms. The lowest BCUT2D eigenvalue weighted by Gasteiger charge is -2.38. The van der Waals surface area contributed by atoms with E-state index in [0.29, 0.717) is 29.7 Å². The second-order valence-corrected chi connectivity index (χ2v) is 8.17. The summed E-state index contributed by atoms with van der Waals surface area (Å²) in [6, 6.07) is 13.5. The van der Waals surface area contributed by atoms with E-state index >= 15 is 0 Å². The third-order valence-corrected chi connectivity index (χ3v) is 6.56. The van der Waals surface area contributed by atoms with Crippen molar-refractivity contribution in [2.45, 2.75) is 37.5 Å². The van der Waals surface area contributed by atoms with Crippen LogP contribution in [0.15, 0.2) is 47.1 Å². The van der Waals surface area contributed by atoms with Crippen LogP contribution in [0.5, 0.6) is 0 Å². The number of fused-ring (bicyclic) bond motifs is 4. The first-order chi connectivity index (χ1) is 14.7. The molecule has 2 aromatic carbocycles. The molecule has 8 heteroatoms. The predicted molar refractivity (Wildman–Crippen MR) is 106 cm³/mol.